The van der Waals surface area contributed by atoms with Gasteiger partial charge < -0.3 is 10.4 Å². The van der Waals surface area contributed by atoms with Gasteiger partial charge in [0.25, 0.3) is 5.91 Å². The molecule has 0 atom stereocenters. The minimum atomic E-state index is -0.198. The van der Waals surface area contributed by atoms with Crippen LogP contribution in [0.3, 0.4) is 0 Å². The van der Waals surface area contributed by atoms with E-state index in [0.29, 0.717) is 23.4 Å². The molecule has 0 saturated carbocycles. The lowest BCUT2D eigenvalue weighted by molar-refractivity contribution is -0.114. The molecular formula is C20H21N3O2. The minimum absolute atomic E-state index is 0.0579. The number of carbonyl (C=O) groups is 1. The third-order valence-corrected chi connectivity index (χ3v) is 4.07. The van der Waals surface area contributed by atoms with Crippen LogP contribution in [0.4, 0.5) is 11.4 Å². The van der Waals surface area contributed by atoms with E-state index in [-0.39, 0.29) is 12.5 Å². The molecule has 128 valence electrons. The Morgan fingerprint density at radius 3 is 2.56 bits per heavy atom. The zero-order chi connectivity index (χ0) is 17.6. The number of hydrazone groups is 1. The van der Waals surface area contributed by atoms with Crippen LogP contribution in [0.5, 0.6) is 0 Å². The van der Waals surface area contributed by atoms with Gasteiger partial charge in [-0.1, -0.05) is 43.3 Å². The predicted octanol–water partition coefficient (Wildman–Crippen LogP) is 3.33. The van der Waals surface area contributed by atoms with E-state index < -0.39 is 0 Å². The van der Waals surface area contributed by atoms with Gasteiger partial charge in [0.05, 0.1) is 17.0 Å². The molecule has 0 radical (unpaired) electrons. The second-order valence-electron chi connectivity index (χ2n) is 5.69. The summed E-state index contributed by atoms with van der Waals surface area (Å²) in [6.45, 7) is 2.03. The van der Waals surface area contributed by atoms with Crippen LogP contribution < -0.4 is 10.3 Å². The predicted molar refractivity (Wildman–Crippen MR) is 101 cm³/mol. The Kier molecular flexibility index (Phi) is 5.26. The highest BCUT2D eigenvalue weighted by molar-refractivity contribution is 6.30. The van der Waals surface area contributed by atoms with E-state index in [0.717, 1.165) is 12.1 Å². The monoisotopic (exact) mass is 335 g/mol. The lowest BCUT2D eigenvalue weighted by Gasteiger charge is -2.11. The Morgan fingerprint density at radius 1 is 1.12 bits per heavy atom. The van der Waals surface area contributed by atoms with Crippen LogP contribution in [0.1, 0.15) is 18.9 Å². The quantitative estimate of drug-likeness (QED) is 0.796. The summed E-state index contributed by atoms with van der Waals surface area (Å²) in [4.78, 5) is 12.8. The molecule has 2 aromatic rings. The summed E-state index contributed by atoms with van der Waals surface area (Å²) in [6, 6.07) is 17.3. The highest BCUT2D eigenvalue weighted by Crippen LogP contribution is 2.25. The molecule has 1 aliphatic rings. The third-order valence-electron chi connectivity index (χ3n) is 4.07. The van der Waals surface area contributed by atoms with Crippen molar-refractivity contribution in [1.82, 2.24) is 0 Å². The molecule has 1 amide bonds. The lowest BCUT2D eigenvalue weighted by Crippen LogP contribution is -2.22. The number of hydrogen-bond donors (Lipinski definition) is 2. The SMILES string of the molecule is CCc1ccccc1N/C=C1\C(=O)N(c2ccccc2)N=C1CCO. The minimum Gasteiger partial charge on any atom is -0.396 e. The number of anilines is 2. The molecule has 25 heavy (non-hydrogen) atoms. The Labute approximate surface area is 147 Å². The van der Waals surface area contributed by atoms with Crippen molar-refractivity contribution in [1.29, 1.82) is 0 Å². The summed E-state index contributed by atoms with van der Waals surface area (Å²) in [6.07, 6.45) is 2.92. The van der Waals surface area contributed by atoms with Crippen LogP contribution in [-0.2, 0) is 11.2 Å². The van der Waals surface area contributed by atoms with E-state index in [4.69, 9.17) is 0 Å². The number of nitrogens with one attached hydrogen (secondary N) is 1. The highest BCUT2D eigenvalue weighted by Gasteiger charge is 2.30. The number of hydrogen-bond acceptors (Lipinski definition) is 4. The number of aliphatic hydroxyl groups excluding tert-OH is 1. The second-order valence-corrected chi connectivity index (χ2v) is 5.69. The maximum Gasteiger partial charge on any atom is 0.282 e. The maximum atomic E-state index is 12.8. The zero-order valence-electron chi connectivity index (χ0n) is 14.1. The first-order chi connectivity index (χ1) is 12.2. The summed E-state index contributed by atoms with van der Waals surface area (Å²) in [5.41, 5.74) is 3.90. The molecule has 0 bridgehead atoms. The molecule has 3 rings (SSSR count). The van der Waals surface area contributed by atoms with Gasteiger partial charge in [0.15, 0.2) is 0 Å². The van der Waals surface area contributed by atoms with Crippen LogP contribution in [0.2, 0.25) is 0 Å². The van der Waals surface area contributed by atoms with Crippen molar-refractivity contribution in [2.75, 3.05) is 16.9 Å². The van der Waals surface area contributed by atoms with Crippen molar-refractivity contribution in [2.45, 2.75) is 19.8 Å². The molecule has 2 aromatic carbocycles. The van der Waals surface area contributed by atoms with Crippen LogP contribution in [-0.4, -0.2) is 23.3 Å². The molecule has 5 nitrogen and oxygen atoms in total. The second kappa shape index (κ2) is 7.77. The number of benzene rings is 2. The molecule has 0 aromatic heterocycles. The number of nitrogens with zero attached hydrogens (tertiary/aromatic N) is 2. The molecule has 0 saturated heterocycles. The van der Waals surface area contributed by atoms with Crippen molar-refractivity contribution in [3.63, 3.8) is 0 Å². The van der Waals surface area contributed by atoms with Crippen LogP contribution in [0, 0.1) is 0 Å². The molecule has 0 unspecified atom stereocenters. The fourth-order valence-electron chi connectivity index (χ4n) is 2.76. The van der Waals surface area contributed by atoms with Gasteiger partial charge in [0.2, 0.25) is 0 Å². The summed E-state index contributed by atoms with van der Waals surface area (Å²) >= 11 is 0. The summed E-state index contributed by atoms with van der Waals surface area (Å²) in [7, 11) is 0. The average Bonchev–Trinajstić information content (AvgIpc) is 2.97. The highest BCUT2D eigenvalue weighted by atomic mass is 16.3. The summed E-state index contributed by atoms with van der Waals surface area (Å²) in [5, 5.41) is 18.3. The number of amides is 1. The van der Waals surface area contributed by atoms with Crippen molar-refractivity contribution >= 4 is 23.0 Å². The zero-order valence-corrected chi connectivity index (χ0v) is 14.1. The van der Waals surface area contributed by atoms with Gasteiger partial charge in [-0.2, -0.15) is 10.1 Å². The first-order valence-electron chi connectivity index (χ1n) is 8.37. The van der Waals surface area contributed by atoms with E-state index in [1.165, 1.54) is 10.6 Å². The molecule has 5 heteroatoms. The molecule has 0 spiro atoms. The van der Waals surface area contributed by atoms with Gasteiger partial charge in [-0.25, -0.2) is 0 Å². The number of para-hydroxylation sites is 2. The smallest absolute Gasteiger partial charge is 0.282 e. The van der Waals surface area contributed by atoms with Crippen molar-refractivity contribution < 1.29 is 9.90 Å². The van der Waals surface area contributed by atoms with Crippen LogP contribution in [0.25, 0.3) is 0 Å². The van der Waals surface area contributed by atoms with Gasteiger partial charge in [0, 0.05) is 24.9 Å². The lowest BCUT2D eigenvalue weighted by atomic mass is 10.1. The third kappa shape index (κ3) is 3.61. The normalized spacial score (nSPS) is 15.6. The van der Waals surface area contributed by atoms with Crippen molar-refractivity contribution in [3.05, 3.63) is 71.9 Å². The van der Waals surface area contributed by atoms with E-state index in [9.17, 15) is 9.90 Å². The molecule has 0 fully saturated rings. The molecule has 0 aliphatic carbocycles. The molecule has 1 aliphatic heterocycles. The fraction of sp³-hybridized carbons (Fsp3) is 0.200. The largest absolute Gasteiger partial charge is 0.396 e. The van der Waals surface area contributed by atoms with Gasteiger partial charge in [-0.3, -0.25) is 4.79 Å². The number of aliphatic hydroxyl groups is 1. The van der Waals surface area contributed by atoms with Crippen LogP contribution in [0.15, 0.2) is 71.5 Å². The number of rotatable bonds is 6. The molecule has 2 N–H and O–H groups in total. The van der Waals surface area contributed by atoms with Gasteiger partial charge >= 0.3 is 0 Å². The number of carbonyl (C=O) groups excluding carboxylic acids is 1. The Balaban J connectivity index is 1.89. The van der Waals surface area contributed by atoms with Gasteiger partial charge in [0.1, 0.15) is 0 Å². The van der Waals surface area contributed by atoms with Crippen molar-refractivity contribution in [2.24, 2.45) is 5.10 Å². The molecule has 1 heterocycles. The molecular weight excluding hydrogens is 314 g/mol. The van der Waals surface area contributed by atoms with E-state index in [1.807, 2.05) is 48.5 Å². The average molecular weight is 335 g/mol. The van der Waals surface area contributed by atoms with Crippen molar-refractivity contribution in [3.8, 4) is 0 Å². The first-order valence-corrected chi connectivity index (χ1v) is 8.37. The Bertz CT molecular complexity index is 813. The summed E-state index contributed by atoms with van der Waals surface area (Å²) < 4.78 is 0. The van der Waals surface area contributed by atoms with Gasteiger partial charge in [-0.15, -0.1) is 0 Å². The first kappa shape index (κ1) is 16.9. The van der Waals surface area contributed by atoms with Crippen LogP contribution >= 0.6 is 0 Å². The van der Waals surface area contributed by atoms with E-state index in [1.54, 1.807) is 6.20 Å². The Morgan fingerprint density at radius 2 is 1.84 bits per heavy atom. The maximum absolute atomic E-state index is 12.8. The van der Waals surface area contributed by atoms with Gasteiger partial charge in [-0.05, 0) is 30.2 Å². The fourth-order valence-corrected chi connectivity index (χ4v) is 2.76. The standard InChI is InChI=1S/C20H21N3O2/c1-2-15-8-6-7-11-18(15)21-14-17-19(12-13-24)22-23(20(17)25)16-9-4-3-5-10-16/h3-11,14,21,24H,2,12-13H2,1H3/b17-14-. The van der Waals surface area contributed by atoms with E-state index >= 15 is 0 Å². The Hall–Kier alpha value is -2.92. The van der Waals surface area contributed by atoms with E-state index in [2.05, 4.69) is 23.4 Å². The number of aryl methyl sites for hydroxylation is 1. The summed E-state index contributed by atoms with van der Waals surface area (Å²) in [5.74, 6) is -0.198. The topological polar surface area (TPSA) is 64.9 Å².